The Kier molecular flexibility index (Phi) is 4.35. The highest BCUT2D eigenvalue weighted by Crippen LogP contribution is 2.49. The summed E-state index contributed by atoms with van der Waals surface area (Å²) in [4.78, 5) is 2.80. The van der Waals surface area contributed by atoms with Crippen LogP contribution in [0.25, 0.3) is 0 Å². The number of likely N-dealkylation sites (tertiary alicyclic amines) is 1. The van der Waals surface area contributed by atoms with Crippen molar-refractivity contribution in [2.24, 2.45) is 17.3 Å². The van der Waals surface area contributed by atoms with Gasteiger partial charge in [-0.05, 0) is 64.2 Å². The Hall–Kier alpha value is -0.0400. The van der Waals surface area contributed by atoms with Crippen molar-refractivity contribution in [3.8, 4) is 0 Å². The van der Waals surface area contributed by atoms with Gasteiger partial charge in [0, 0.05) is 18.1 Å². The van der Waals surface area contributed by atoms with Crippen LogP contribution in [0, 0.1) is 17.3 Å². The van der Waals surface area contributed by atoms with E-state index in [1.54, 1.807) is 0 Å². The SMILES string of the molecule is CC(C)N1CC2CCCCCC2C(C)(C)CC1(C)C. The van der Waals surface area contributed by atoms with Crippen LogP contribution in [0.4, 0.5) is 0 Å². The van der Waals surface area contributed by atoms with Gasteiger partial charge in [-0.3, -0.25) is 4.90 Å². The van der Waals surface area contributed by atoms with E-state index in [1.807, 2.05) is 0 Å². The predicted octanol–water partition coefficient (Wildman–Crippen LogP) is 5.10. The molecule has 0 bridgehead atoms. The van der Waals surface area contributed by atoms with Crippen LogP contribution in [0.3, 0.4) is 0 Å². The van der Waals surface area contributed by atoms with E-state index < -0.39 is 0 Å². The molecule has 1 saturated heterocycles. The molecule has 2 fully saturated rings. The fraction of sp³-hybridized carbons (Fsp3) is 1.00. The highest BCUT2D eigenvalue weighted by Gasteiger charge is 2.46. The standard InChI is InChI=1S/C18H35N/c1-14(2)19-12-15-10-8-7-9-11-16(15)17(3,4)13-18(19,5)6/h14-16H,7-13H2,1-6H3. The zero-order valence-electron chi connectivity index (χ0n) is 14.1. The van der Waals surface area contributed by atoms with Crippen molar-refractivity contribution in [1.82, 2.24) is 4.90 Å². The molecule has 1 heterocycles. The molecule has 112 valence electrons. The molecule has 1 heteroatoms. The second-order valence-electron chi connectivity index (χ2n) is 8.73. The molecule has 0 aromatic rings. The van der Waals surface area contributed by atoms with Gasteiger partial charge in [0.2, 0.25) is 0 Å². The Balaban J connectivity index is 2.31. The molecule has 19 heavy (non-hydrogen) atoms. The normalized spacial score (nSPS) is 35.5. The molecule has 0 radical (unpaired) electrons. The van der Waals surface area contributed by atoms with Gasteiger partial charge in [0.15, 0.2) is 0 Å². The van der Waals surface area contributed by atoms with Gasteiger partial charge >= 0.3 is 0 Å². The molecule has 0 aromatic carbocycles. The minimum absolute atomic E-state index is 0.351. The number of hydrogen-bond acceptors (Lipinski definition) is 1. The van der Waals surface area contributed by atoms with Crippen LogP contribution >= 0.6 is 0 Å². The molecule has 0 amide bonds. The summed E-state index contributed by atoms with van der Waals surface area (Å²) in [6.45, 7) is 16.1. The lowest BCUT2D eigenvalue weighted by atomic mass is 9.66. The van der Waals surface area contributed by atoms with Gasteiger partial charge in [-0.2, -0.15) is 0 Å². The Morgan fingerprint density at radius 1 is 0.947 bits per heavy atom. The summed E-state index contributed by atoms with van der Waals surface area (Å²) in [7, 11) is 0. The summed E-state index contributed by atoms with van der Waals surface area (Å²) in [6, 6.07) is 0.674. The lowest BCUT2D eigenvalue weighted by molar-refractivity contribution is 0.0614. The van der Waals surface area contributed by atoms with Gasteiger partial charge in [-0.25, -0.2) is 0 Å². The largest absolute Gasteiger partial charge is 0.296 e. The van der Waals surface area contributed by atoms with E-state index >= 15 is 0 Å². The third-order valence-electron chi connectivity index (χ3n) is 5.88. The maximum atomic E-state index is 2.80. The molecular formula is C18H35N. The van der Waals surface area contributed by atoms with Crippen LogP contribution in [0.2, 0.25) is 0 Å². The summed E-state index contributed by atoms with van der Waals surface area (Å²) in [6.07, 6.45) is 8.68. The van der Waals surface area contributed by atoms with E-state index in [9.17, 15) is 0 Å². The number of rotatable bonds is 1. The summed E-state index contributed by atoms with van der Waals surface area (Å²) >= 11 is 0. The van der Waals surface area contributed by atoms with Crippen LogP contribution in [-0.2, 0) is 0 Å². The van der Waals surface area contributed by atoms with E-state index in [0.29, 0.717) is 17.0 Å². The minimum Gasteiger partial charge on any atom is -0.296 e. The summed E-state index contributed by atoms with van der Waals surface area (Å²) in [5.74, 6) is 1.87. The van der Waals surface area contributed by atoms with Crippen molar-refractivity contribution in [3.63, 3.8) is 0 Å². The fourth-order valence-corrected chi connectivity index (χ4v) is 5.39. The fourth-order valence-electron chi connectivity index (χ4n) is 5.39. The number of fused-ring (bicyclic) bond motifs is 1. The van der Waals surface area contributed by atoms with Crippen molar-refractivity contribution in [3.05, 3.63) is 0 Å². The lowest BCUT2D eigenvalue weighted by Gasteiger charge is -2.43. The number of nitrogens with zero attached hydrogens (tertiary/aromatic N) is 1. The maximum absolute atomic E-state index is 2.80. The third-order valence-corrected chi connectivity index (χ3v) is 5.88. The average molecular weight is 265 g/mol. The van der Waals surface area contributed by atoms with Crippen molar-refractivity contribution in [2.45, 2.75) is 91.6 Å². The van der Waals surface area contributed by atoms with Crippen LogP contribution in [0.15, 0.2) is 0 Å². The van der Waals surface area contributed by atoms with Gasteiger partial charge < -0.3 is 0 Å². The molecule has 0 N–H and O–H groups in total. The lowest BCUT2D eigenvalue weighted by Crippen LogP contribution is -2.49. The molecule has 1 saturated carbocycles. The molecule has 2 rings (SSSR count). The minimum atomic E-state index is 0.351. The Labute approximate surface area is 121 Å². The van der Waals surface area contributed by atoms with E-state index in [1.165, 1.54) is 45.1 Å². The number of hydrogen-bond donors (Lipinski definition) is 0. The summed E-state index contributed by atoms with van der Waals surface area (Å²) in [5.41, 5.74) is 0.853. The van der Waals surface area contributed by atoms with Crippen molar-refractivity contribution in [1.29, 1.82) is 0 Å². The Morgan fingerprint density at radius 3 is 2.21 bits per heavy atom. The second-order valence-corrected chi connectivity index (χ2v) is 8.73. The first-order valence-electron chi connectivity index (χ1n) is 8.51. The molecular weight excluding hydrogens is 230 g/mol. The van der Waals surface area contributed by atoms with Crippen LogP contribution in [0.5, 0.6) is 0 Å². The van der Waals surface area contributed by atoms with E-state index in [0.717, 1.165) is 11.8 Å². The quantitative estimate of drug-likeness (QED) is 0.637. The van der Waals surface area contributed by atoms with Crippen LogP contribution in [0.1, 0.15) is 80.1 Å². The first kappa shape index (κ1) is 15.4. The molecule has 1 nitrogen and oxygen atoms in total. The smallest absolute Gasteiger partial charge is 0.0161 e. The third kappa shape index (κ3) is 3.17. The van der Waals surface area contributed by atoms with Crippen molar-refractivity contribution in [2.75, 3.05) is 6.54 Å². The zero-order valence-corrected chi connectivity index (χ0v) is 14.1. The van der Waals surface area contributed by atoms with Gasteiger partial charge in [0.05, 0.1) is 0 Å². The van der Waals surface area contributed by atoms with Crippen molar-refractivity contribution >= 4 is 0 Å². The monoisotopic (exact) mass is 265 g/mol. The second kappa shape index (κ2) is 5.39. The maximum Gasteiger partial charge on any atom is 0.0161 e. The first-order valence-corrected chi connectivity index (χ1v) is 8.51. The van der Waals surface area contributed by atoms with Gasteiger partial charge in [0.25, 0.3) is 0 Å². The van der Waals surface area contributed by atoms with E-state index in [4.69, 9.17) is 0 Å². The Bertz CT molecular complexity index is 303. The topological polar surface area (TPSA) is 3.24 Å². The average Bonchev–Trinajstić information content (AvgIpc) is 2.51. The highest BCUT2D eigenvalue weighted by molar-refractivity contribution is 4.99. The summed E-state index contributed by atoms with van der Waals surface area (Å²) < 4.78 is 0. The van der Waals surface area contributed by atoms with E-state index in [2.05, 4.69) is 46.4 Å². The highest BCUT2D eigenvalue weighted by atomic mass is 15.2. The molecule has 2 unspecified atom stereocenters. The molecule has 2 atom stereocenters. The Morgan fingerprint density at radius 2 is 1.58 bits per heavy atom. The van der Waals surface area contributed by atoms with Crippen molar-refractivity contribution < 1.29 is 0 Å². The predicted molar refractivity (Wildman–Crippen MR) is 84.4 cm³/mol. The first-order chi connectivity index (χ1) is 8.74. The zero-order chi connectivity index (χ0) is 14.3. The van der Waals surface area contributed by atoms with Crippen LogP contribution < -0.4 is 0 Å². The van der Waals surface area contributed by atoms with Crippen LogP contribution in [-0.4, -0.2) is 23.0 Å². The van der Waals surface area contributed by atoms with Gasteiger partial charge in [0.1, 0.15) is 0 Å². The summed E-state index contributed by atoms with van der Waals surface area (Å²) in [5, 5.41) is 0. The molecule has 2 aliphatic rings. The molecule has 1 aliphatic heterocycles. The van der Waals surface area contributed by atoms with E-state index in [-0.39, 0.29) is 0 Å². The van der Waals surface area contributed by atoms with Gasteiger partial charge in [-0.15, -0.1) is 0 Å². The molecule has 1 aliphatic carbocycles. The van der Waals surface area contributed by atoms with Gasteiger partial charge in [-0.1, -0.05) is 33.1 Å². The molecule has 0 aromatic heterocycles. The molecule has 0 spiro atoms.